The van der Waals surface area contributed by atoms with Crippen LogP contribution in [0.4, 0.5) is 0 Å². The first-order valence-electron chi connectivity index (χ1n) is 9.39. The van der Waals surface area contributed by atoms with E-state index in [1.54, 1.807) is 18.4 Å². The molecule has 0 spiro atoms. The second kappa shape index (κ2) is 9.63. The second-order valence-electron chi connectivity index (χ2n) is 6.60. The lowest BCUT2D eigenvalue weighted by atomic mass is 9.97. The molecule has 4 nitrogen and oxygen atoms in total. The third-order valence-electron chi connectivity index (χ3n) is 4.74. The fraction of sp³-hybridized carbons (Fsp3) is 0.208. The van der Waals surface area contributed by atoms with Gasteiger partial charge in [-0.05, 0) is 58.6 Å². The lowest BCUT2D eigenvalue weighted by Gasteiger charge is -2.16. The van der Waals surface area contributed by atoms with Crippen LogP contribution < -0.4 is 4.74 Å². The zero-order valence-electron chi connectivity index (χ0n) is 16.8. The molecule has 0 aromatic heterocycles. The Morgan fingerprint density at radius 1 is 1.00 bits per heavy atom. The number of carbonyl (C=O) groups is 1. The van der Waals surface area contributed by atoms with Crippen molar-refractivity contribution in [3.63, 3.8) is 0 Å². The van der Waals surface area contributed by atoms with Crippen molar-refractivity contribution in [3.8, 4) is 16.9 Å². The van der Waals surface area contributed by atoms with Crippen LogP contribution in [0.1, 0.15) is 28.4 Å². The smallest absolute Gasteiger partial charge is 0.337 e. The summed E-state index contributed by atoms with van der Waals surface area (Å²) in [6.45, 7) is 2.47. The molecule has 0 aliphatic carbocycles. The average Bonchev–Trinajstić information content (AvgIpc) is 2.77. The van der Waals surface area contributed by atoms with Crippen LogP contribution in [-0.4, -0.2) is 23.9 Å². The largest absolute Gasteiger partial charge is 0.612 e. The summed E-state index contributed by atoms with van der Waals surface area (Å²) < 4.78 is 22.9. The zero-order chi connectivity index (χ0) is 20.8. The SMILES string of the molecule is CCc1ccccc1-c1cc([S+](C)[O-])ccc1OCc1ccc(C(=O)OC)cc1. The van der Waals surface area contributed by atoms with Gasteiger partial charge in [-0.2, -0.15) is 0 Å². The molecule has 0 radical (unpaired) electrons. The van der Waals surface area contributed by atoms with Crippen molar-refractivity contribution >= 4 is 17.1 Å². The van der Waals surface area contributed by atoms with E-state index in [4.69, 9.17) is 9.47 Å². The molecule has 3 rings (SSSR count). The number of methoxy groups -OCH3 is 1. The highest BCUT2D eigenvalue weighted by Crippen LogP contribution is 2.35. The quantitative estimate of drug-likeness (QED) is 0.407. The van der Waals surface area contributed by atoms with Crippen LogP contribution in [0.2, 0.25) is 0 Å². The minimum Gasteiger partial charge on any atom is -0.612 e. The number of hydrogen-bond acceptors (Lipinski definition) is 4. The molecule has 0 heterocycles. The maximum atomic E-state index is 12.0. The van der Waals surface area contributed by atoms with Crippen LogP contribution in [0.15, 0.2) is 71.6 Å². The number of esters is 1. The Labute approximate surface area is 174 Å². The highest BCUT2D eigenvalue weighted by molar-refractivity contribution is 7.90. The number of benzene rings is 3. The molecule has 1 unspecified atom stereocenters. The Hall–Kier alpha value is -2.76. The van der Waals surface area contributed by atoms with Gasteiger partial charge in [-0.15, -0.1) is 0 Å². The number of rotatable bonds is 7. The molecule has 0 saturated carbocycles. The van der Waals surface area contributed by atoms with Crippen LogP contribution in [-0.2, 0) is 28.9 Å². The molecule has 29 heavy (non-hydrogen) atoms. The van der Waals surface area contributed by atoms with Crippen LogP contribution >= 0.6 is 0 Å². The van der Waals surface area contributed by atoms with Crippen LogP contribution in [0.25, 0.3) is 11.1 Å². The molecule has 0 aliphatic heterocycles. The topological polar surface area (TPSA) is 58.6 Å². The Bertz CT molecular complexity index is 980. The Kier molecular flexibility index (Phi) is 6.96. The Morgan fingerprint density at radius 2 is 1.72 bits per heavy atom. The summed E-state index contributed by atoms with van der Waals surface area (Å²) in [6, 6.07) is 21.0. The normalized spacial score (nSPS) is 11.7. The van der Waals surface area contributed by atoms with E-state index in [1.165, 1.54) is 12.7 Å². The fourth-order valence-electron chi connectivity index (χ4n) is 3.13. The number of aryl methyl sites for hydroxylation is 1. The maximum absolute atomic E-state index is 12.0. The van der Waals surface area contributed by atoms with E-state index in [-0.39, 0.29) is 5.97 Å². The molecule has 1 atom stereocenters. The highest BCUT2D eigenvalue weighted by Gasteiger charge is 2.15. The second-order valence-corrected chi connectivity index (χ2v) is 7.98. The van der Waals surface area contributed by atoms with Gasteiger partial charge in [0.2, 0.25) is 0 Å². The molecule has 5 heteroatoms. The summed E-state index contributed by atoms with van der Waals surface area (Å²) >= 11 is -1.08. The van der Waals surface area contributed by atoms with Crippen molar-refractivity contribution in [3.05, 3.63) is 83.4 Å². The van der Waals surface area contributed by atoms with Gasteiger partial charge in [0.15, 0.2) is 4.90 Å². The van der Waals surface area contributed by atoms with Gasteiger partial charge in [-0.25, -0.2) is 4.79 Å². The van der Waals surface area contributed by atoms with Gasteiger partial charge in [0.1, 0.15) is 18.6 Å². The average molecular weight is 409 g/mol. The summed E-state index contributed by atoms with van der Waals surface area (Å²) in [5.41, 5.74) is 4.66. The summed E-state index contributed by atoms with van der Waals surface area (Å²) in [6.07, 6.45) is 2.57. The van der Waals surface area contributed by atoms with Crippen molar-refractivity contribution in [2.45, 2.75) is 24.8 Å². The predicted molar refractivity (Wildman–Crippen MR) is 116 cm³/mol. The molecular weight excluding hydrogens is 384 g/mol. The van der Waals surface area contributed by atoms with Crippen LogP contribution in [0.5, 0.6) is 5.75 Å². The Morgan fingerprint density at radius 3 is 2.38 bits per heavy atom. The minimum atomic E-state index is -1.08. The van der Waals surface area contributed by atoms with Gasteiger partial charge in [0.25, 0.3) is 0 Å². The summed E-state index contributed by atoms with van der Waals surface area (Å²) in [4.78, 5) is 12.3. The standard InChI is InChI=1S/C24H24O4S/c1-4-18-7-5-6-8-21(18)22-15-20(29(3)26)13-14-23(22)28-16-17-9-11-19(12-10-17)24(25)27-2/h5-15H,4,16H2,1-3H3. The first-order valence-corrected chi connectivity index (χ1v) is 10.9. The Balaban J connectivity index is 1.90. The van der Waals surface area contributed by atoms with E-state index in [0.29, 0.717) is 12.2 Å². The third-order valence-corrected chi connectivity index (χ3v) is 5.66. The third kappa shape index (κ3) is 5.00. The maximum Gasteiger partial charge on any atom is 0.337 e. The van der Waals surface area contributed by atoms with Crippen LogP contribution in [0, 0.1) is 0 Å². The molecule has 0 saturated heterocycles. The van der Waals surface area contributed by atoms with Gasteiger partial charge < -0.3 is 14.0 Å². The number of ether oxygens (including phenoxy) is 2. The van der Waals surface area contributed by atoms with E-state index in [9.17, 15) is 9.35 Å². The zero-order valence-corrected chi connectivity index (χ0v) is 17.6. The lowest BCUT2D eigenvalue weighted by molar-refractivity contribution is 0.0600. The molecule has 150 valence electrons. The molecule has 0 aliphatic rings. The van der Waals surface area contributed by atoms with Crippen molar-refractivity contribution in [1.29, 1.82) is 0 Å². The summed E-state index contributed by atoms with van der Waals surface area (Å²) in [5, 5.41) is 0. The molecular formula is C24H24O4S. The van der Waals surface area contributed by atoms with Crippen LogP contribution in [0.3, 0.4) is 0 Å². The fourth-order valence-corrected chi connectivity index (χ4v) is 3.68. The first kappa shape index (κ1) is 21.0. The first-order chi connectivity index (χ1) is 14.0. The monoisotopic (exact) mass is 408 g/mol. The molecule has 0 fully saturated rings. The van der Waals surface area contributed by atoms with E-state index in [0.717, 1.165) is 33.8 Å². The molecule has 0 N–H and O–H groups in total. The highest BCUT2D eigenvalue weighted by atomic mass is 32.2. The minimum absolute atomic E-state index is 0.358. The predicted octanol–water partition coefficient (Wildman–Crippen LogP) is 5.02. The molecule has 3 aromatic carbocycles. The molecule has 0 amide bonds. The van der Waals surface area contributed by atoms with Gasteiger partial charge in [-0.1, -0.05) is 43.3 Å². The molecule has 0 bridgehead atoms. The molecule has 3 aromatic rings. The van der Waals surface area contributed by atoms with Gasteiger partial charge >= 0.3 is 5.97 Å². The van der Waals surface area contributed by atoms with E-state index in [2.05, 4.69) is 19.1 Å². The van der Waals surface area contributed by atoms with E-state index < -0.39 is 11.2 Å². The van der Waals surface area contributed by atoms with Crippen molar-refractivity contribution in [2.24, 2.45) is 0 Å². The van der Waals surface area contributed by atoms with Crippen molar-refractivity contribution < 1.29 is 18.8 Å². The lowest BCUT2D eigenvalue weighted by Crippen LogP contribution is -2.03. The number of hydrogen-bond donors (Lipinski definition) is 0. The van der Waals surface area contributed by atoms with Gasteiger partial charge in [0, 0.05) is 11.6 Å². The van der Waals surface area contributed by atoms with Gasteiger partial charge in [-0.3, -0.25) is 0 Å². The summed E-state index contributed by atoms with van der Waals surface area (Å²) in [5.74, 6) is 0.372. The van der Waals surface area contributed by atoms with Crippen molar-refractivity contribution in [1.82, 2.24) is 0 Å². The van der Waals surface area contributed by atoms with E-state index >= 15 is 0 Å². The van der Waals surface area contributed by atoms with Crippen molar-refractivity contribution in [2.75, 3.05) is 13.4 Å². The van der Waals surface area contributed by atoms with Gasteiger partial charge in [0.05, 0.1) is 12.7 Å². The summed E-state index contributed by atoms with van der Waals surface area (Å²) in [7, 11) is 1.36. The number of carbonyl (C=O) groups excluding carboxylic acids is 1. The van der Waals surface area contributed by atoms with E-state index in [1.807, 2.05) is 42.5 Å².